The zero-order valence-corrected chi connectivity index (χ0v) is 19.1. The molecule has 4 rings (SSSR count). The molecule has 3 aliphatic heterocycles. The second-order valence-corrected chi connectivity index (χ2v) is 9.84. The van der Waals surface area contributed by atoms with Gasteiger partial charge >= 0.3 is 0 Å². The number of guanidine groups is 1. The van der Waals surface area contributed by atoms with Gasteiger partial charge in [0.2, 0.25) is 0 Å². The Hall–Kier alpha value is -1.28. The summed E-state index contributed by atoms with van der Waals surface area (Å²) in [5, 5.41) is 7.37. The van der Waals surface area contributed by atoms with Crippen molar-refractivity contribution < 1.29 is 4.74 Å². The summed E-state index contributed by atoms with van der Waals surface area (Å²) in [4.78, 5) is 9.75. The third kappa shape index (κ3) is 5.69. The van der Waals surface area contributed by atoms with Crippen LogP contribution in [0, 0.1) is 0 Å². The van der Waals surface area contributed by atoms with Gasteiger partial charge in [0.1, 0.15) is 0 Å². The van der Waals surface area contributed by atoms with Gasteiger partial charge in [0.15, 0.2) is 5.96 Å². The highest BCUT2D eigenvalue weighted by Gasteiger charge is 2.40. The highest BCUT2D eigenvalue weighted by atomic mass is 32.2. The third-order valence-electron chi connectivity index (χ3n) is 6.75. The number of morpholine rings is 1. The van der Waals surface area contributed by atoms with E-state index in [9.17, 15) is 0 Å². The molecule has 3 fully saturated rings. The Labute approximate surface area is 185 Å². The number of nitrogens with one attached hydrogen (secondary N) is 2. The highest BCUT2D eigenvalue weighted by Crippen LogP contribution is 2.33. The Kier molecular flexibility index (Phi) is 7.93. The van der Waals surface area contributed by atoms with Crippen molar-refractivity contribution >= 4 is 17.7 Å². The van der Waals surface area contributed by atoms with Gasteiger partial charge in [-0.05, 0) is 30.6 Å². The standard InChI is InChI=1S/C23H37N5OS/c1-24-22(25-18-23(9-16-30-19-23)28-12-14-29-15-13-28)26-21-7-10-27(11-8-21)17-20-5-3-2-4-6-20/h2-6,21H,7-19H2,1H3,(H2,24,25,26). The van der Waals surface area contributed by atoms with Crippen molar-refractivity contribution in [1.29, 1.82) is 0 Å². The smallest absolute Gasteiger partial charge is 0.191 e. The van der Waals surface area contributed by atoms with Gasteiger partial charge in [-0.15, -0.1) is 0 Å². The average Bonchev–Trinajstić information content (AvgIpc) is 3.29. The molecule has 0 radical (unpaired) electrons. The van der Waals surface area contributed by atoms with Crippen LogP contribution in [0.4, 0.5) is 0 Å². The molecule has 1 unspecified atom stereocenters. The van der Waals surface area contributed by atoms with Crippen LogP contribution in [-0.2, 0) is 11.3 Å². The van der Waals surface area contributed by atoms with E-state index in [1.807, 2.05) is 7.05 Å². The molecule has 3 saturated heterocycles. The lowest BCUT2D eigenvalue weighted by atomic mass is 9.95. The van der Waals surface area contributed by atoms with Crippen LogP contribution in [0.1, 0.15) is 24.8 Å². The molecule has 1 aromatic carbocycles. The molecule has 7 heteroatoms. The molecule has 6 nitrogen and oxygen atoms in total. The summed E-state index contributed by atoms with van der Waals surface area (Å²) < 4.78 is 5.59. The normalized spacial score (nSPS) is 27.3. The lowest BCUT2D eigenvalue weighted by Crippen LogP contribution is -2.60. The molecule has 30 heavy (non-hydrogen) atoms. The zero-order valence-electron chi connectivity index (χ0n) is 18.3. The summed E-state index contributed by atoms with van der Waals surface area (Å²) in [6.07, 6.45) is 3.58. The van der Waals surface area contributed by atoms with Gasteiger partial charge in [0, 0.05) is 63.6 Å². The van der Waals surface area contributed by atoms with Crippen LogP contribution < -0.4 is 10.6 Å². The Bertz CT molecular complexity index is 665. The van der Waals surface area contributed by atoms with Gasteiger partial charge in [-0.2, -0.15) is 11.8 Å². The Morgan fingerprint density at radius 3 is 2.60 bits per heavy atom. The molecule has 1 atom stereocenters. The van der Waals surface area contributed by atoms with Crippen molar-refractivity contribution in [1.82, 2.24) is 20.4 Å². The number of rotatable bonds is 6. The quantitative estimate of drug-likeness (QED) is 0.531. The number of ether oxygens (including phenoxy) is 1. The first-order valence-corrected chi connectivity index (χ1v) is 12.6. The summed E-state index contributed by atoms with van der Waals surface area (Å²) in [5.41, 5.74) is 1.65. The summed E-state index contributed by atoms with van der Waals surface area (Å²) in [6.45, 7) is 8.12. The van der Waals surface area contributed by atoms with Crippen LogP contribution in [0.15, 0.2) is 35.3 Å². The van der Waals surface area contributed by atoms with Crippen LogP contribution in [0.3, 0.4) is 0 Å². The van der Waals surface area contributed by atoms with Gasteiger partial charge < -0.3 is 15.4 Å². The minimum absolute atomic E-state index is 0.241. The van der Waals surface area contributed by atoms with E-state index in [2.05, 4.69) is 67.5 Å². The summed E-state index contributed by atoms with van der Waals surface area (Å²) >= 11 is 2.08. The fourth-order valence-electron chi connectivity index (χ4n) is 4.85. The Balaban J connectivity index is 1.24. The molecule has 0 amide bonds. The molecule has 0 saturated carbocycles. The molecule has 0 aromatic heterocycles. The second-order valence-electron chi connectivity index (χ2n) is 8.73. The molecular formula is C23H37N5OS. The molecule has 3 aliphatic rings. The first-order chi connectivity index (χ1) is 14.8. The van der Waals surface area contributed by atoms with Crippen LogP contribution in [0.5, 0.6) is 0 Å². The van der Waals surface area contributed by atoms with Gasteiger partial charge in [0.25, 0.3) is 0 Å². The van der Waals surface area contributed by atoms with E-state index in [0.717, 1.165) is 71.3 Å². The van der Waals surface area contributed by atoms with Crippen molar-refractivity contribution in [2.24, 2.45) is 4.99 Å². The van der Waals surface area contributed by atoms with E-state index in [0.29, 0.717) is 6.04 Å². The maximum absolute atomic E-state index is 5.59. The number of likely N-dealkylation sites (tertiary alicyclic amines) is 1. The van der Waals surface area contributed by atoms with Crippen molar-refractivity contribution in [3.8, 4) is 0 Å². The molecule has 0 bridgehead atoms. The van der Waals surface area contributed by atoms with Gasteiger partial charge in [-0.25, -0.2) is 0 Å². The van der Waals surface area contributed by atoms with Crippen molar-refractivity contribution in [3.05, 3.63) is 35.9 Å². The van der Waals surface area contributed by atoms with Crippen molar-refractivity contribution in [2.75, 3.05) is 64.5 Å². The lowest BCUT2D eigenvalue weighted by Gasteiger charge is -2.43. The maximum atomic E-state index is 5.59. The van der Waals surface area contributed by atoms with Crippen LogP contribution in [-0.4, -0.2) is 91.8 Å². The van der Waals surface area contributed by atoms with E-state index in [4.69, 9.17) is 4.74 Å². The minimum Gasteiger partial charge on any atom is -0.379 e. The van der Waals surface area contributed by atoms with E-state index in [1.54, 1.807) is 0 Å². The van der Waals surface area contributed by atoms with Gasteiger partial charge in [-0.1, -0.05) is 30.3 Å². The first kappa shape index (κ1) is 21.9. The number of piperidine rings is 1. The lowest BCUT2D eigenvalue weighted by molar-refractivity contribution is -0.0120. The van der Waals surface area contributed by atoms with Gasteiger partial charge in [-0.3, -0.25) is 14.8 Å². The fourth-order valence-corrected chi connectivity index (χ4v) is 6.33. The Morgan fingerprint density at radius 2 is 1.93 bits per heavy atom. The molecule has 166 valence electrons. The average molecular weight is 432 g/mol. The van der Waals surface area contributed by atoms with Crippen LogP contribution >= 0.6 is 11.8 Å². The molecule has 3 heterocycles. The first-order valence-electron chi connectivity index (χ1n) is 11.4. The van der Waals surface area contributed by atoms with Crippen LogP contribution in [0.25, 0.3) is 0 Å². The molecular weight excluding hydrogens is 394 g/mol. The topological polar surface area (TPSA) is 52.1 Å². The predicted molar refractivity (Wildman–Crippen MR) is 126 cm³/mol. The molecule has 1 aromatic rings. The van der Waals surface area contributed by atoms with E-state index >= 15 is 0 Å². The number of nitrogens with zero attached hydrogens (tertiary/aromatic N) is 3. The monoisotopic (exact) mass is 431 g/mol. The van der Waals surface area contributed by atoms with E-state index in [-0.39, 0.29) is 5.54 Å². The van der Waals surface area contributed by atoms with Gasteiger partial charge in [0.05, 0.1) is 13.2 Å². The Morgan fingerprint density at radius 1 is 1.17 bits per heavy atom. The van der Waals surface area contributed by atoms with E-state index < -0.39 is 0 Å². The van der Waals surface area contributed by atoms with Crippen molar-refractivity contribution in [3.63, 3.8) is 0 Å². The molecule has 0 aliphatic carbocycles. The summed E-state index contributed by atoms with van der Waals surface area (Å²) in [7, 11) is 1.89. The SMILES string of the molecule is CN=C(NCC1(N2CCOCC2)CCSC1)NC1CCN(Cc2ccccc2)CC1. The zero-order chi connectivity index (χ0) is 20.7. The van der Waals surface area contributed by atoms with Crippen LogP contribution in [0.2, 0.25) is 0 Å². The summed E-state index contributed by atoms with van der Waals surface area (Å²) in [6, 6.07) is 11.3. The minimum atomic E-state index is 0.241. The largest absolute Gasteiger partial charge is 0.379 e. The second kappa shape index (κ2) is 10.8. The van der Waals surface area contributed by atoms with E-state index in [1.165, 1.54) is 23.5 Å². The number of hydrogen-bond acceptors (Lipinski definition) is 5. The number of hydrogen-bond donors (Lipinski definition) is 2. The number of benzene rings is 1. The third-order valence-corrected chi connectivity index (χ3v) is 7.98. The number of aliphatic imine (C=N–C) groups is 1. The van der Waals surface area contributed by atoms with Crippen molar-refractivity contribution in [2.45, 2.75) is 37.4 Å². The molecule has 0 spiro atoms. The maximum Gasteiger partial charge on any atom is 0.191 e. The summed E-state index contributed by atoms with van der Waals surface area (Å²) in [5.74, 6) is 3.42. The number of thioether (sulfide) groups is 1. The molecule has 2 N–H and O–H groups in total. The predicted octanol–water partition coefficient (Wildman–Crippen LogP) is 2.02. The highest BCUT2D eigenvalue weighted by molar-refractivity contribution is 7.99. The fraction of sp³-hybridized carbons (Fsp3) is 0.696.